The first kappa shape index (κ1) is 24.0. The summed E-state index contributed by atoms with van der Waals surface area (Å²) in [5.74, 6) is 0.0195. The van der Waals surface area contributed by atoms with E-state index in [1.807, 2.05) is 36.1 Å². The molecule has 1 fully saturated rings. The van der Waals surface area contributed by atoms with Crippen molar-refractivity contribution >= 4 is 22.6 Å². The van der Waals surface area contributed by atoms with Crippen LogP contribution in [0.4, 0.5) is 0 Å². The zero-order valence-corrected chi connectivity index (χ0v) is 20.4. The number of benzene rings is 3. The third-order valence-corrected chi connectivity index (χ3v) is 7.18. The van der Waals surface area contributed by atoms with Crippen LogP contribution in [0, 0.1) is 6.92 Å². The lowest BCUT2D eigenvalue weighted by atomic mass is 10.00. The molecule has 1 N–H and O–H groups in total. The molecule has 1 saturated carbocycles. The van der Waals surface area contributed by atoms with E-state index in [1.165, 1.54) is 29.2 Å². The third-order valence-electron chi connectivity index (χ3n) is 7.18. The summed E-state index contributed by atoms with van der Waals surface area (Å²) < 4.78 is 0. The zero-order valence-electron chi connectivity index (χ0n) is 20.4. The lowest BCUT2D eigenvalue weighted by molar-refractivity contribution is -0.141. The molecule has 0 bridgehead atoms. The van der Waals surface area contributed by atoms with Gasteiger partial charge in [-0.3, -0.25) is 9.59 Å². The standard InChI is InChI=1S/C30H36N2O2/c1-3-28(30(34)31-26-16-7-8-17-26)32(21-25-13-5-4-11-22(25)2)29(33)20-19-24-15-10-14-23-12-6-9-18-27(23)24/h4-6,9-15,18,26,28H,3,7-8,16-17,19-21H2,1-2H3,(H,31,34)/t28-/m1/s1. The Bertz CT molecular complexity index is 1130. The molecule has 0 aromatic heterocycles. The van der Waals surface area contributed by atoms with Gasteiger partial charge in [0.1, 0.15) is 6.04 Å². The normalized spacial score (nSPS) is 14.8. The predicted molar refractivity (Wildman–Crippen MR) is 138 cm³/mol. The summed E-state index contributed by atoms with van der Waals surface area (Å²) in [6, 6.07) is 22.5. The highest BCUT2D eigenvalue weighted by molar-refractivity contribution is 5.89. The maximum Gasteiger partial charge on any atom is 0.243 e. The molecule has 3 aromatic carbocycles. The highest BCUT2D eigenvalue weighted by atomic mass is 16.2. The van der Waals surface area contributed by atoms with Crippen molar-refractivity contribution in [3.63, 3.8) is 0 Å². The highest BCUT2D eigenvalue weighted by Gasteiger charge is 2.30. The van der Waals surface area contributed by atoms with Gasteiger partial charge in [-0.25, -0.2) is 0 Å². The molecule has 0 saturated heterocycles. The number of fused-ring (bicyclic) bond motifs is 1. The monoisotopic (exact) mass is 456 g/mol. The van der Waals surface area contributed by atoms with Gasteiger partial charge in [-0.15, -0.1) is 0 Å². The molecule has 4 rings (SSSR count). The minimum atomic E-state index is -0.458. The summed E-state index contributed by atoms with van der Waals surface area (Å²) in [6.45, 7) is 4.52. The Morgan fingerprint density at radius 2 is 1.62 bits per heavy atom. The van der Waals surface area contributed by atoms with E-state index in [2.05, 4.69) is 54.7 Å². The Kier molecular flexibility index (Phi) is 7.99. The Balaban J connectivity index is 1.55. The average Bonchev–Trinajstić information content (AvgIpc) is 3.36. The van der Waals surface area contributed by atoms with Gasteiger partial charge >= 0.3 is 0 Å². The minimum absolute atomic E-state index is 0.0125. The van der Waals surface area contributed by atoms with Crippen LogP contribution in [-0.2, 0) is 22.6 Å². The van der Waals surface area contributed by atoms with E-state index in [9.17, 15) is 9.59 Å². The molecule has 3 aromatic rings. The van der Waals surface area contributed by atoms with Crippen molar-refractivity contribution in [1.82, 2.24) is 10.2 Å². The summed E-state index contributed by atoms with van der Waals surface area (Å²) >= 11 is 0. The molecule has 34 heavy (non-hydrogen) atoms. The van der Waals surface area contributed by atoms with Crippen molar-refractivity contribution in [2.45, 2.75) is 77.4 Å². The fourth-order valence-electron chi connectivity index (χ4n) is 5.15. The Morgan fingerprint density at radius 3 is 2.38 bits per heavy atom. The third kappa shape index (κ3) is 5.67. The molecule has 0 spiro atoms. The second-order valence-corrected chi connectivity index (χ2v) is 9.50. The fourth-order valence-corrected chi connectivity index (χ4v) is 5.15. The van der Waals surface area contributed by atoms with E-state index in [4.69, 9.17) is 0 Å². The van der Waals surface area contributed by atoms with Crippen LogP contribution in [0.15, 0.2) is 66.7 Å². The van der Waals surface area contributed by atoms with E-state index >= 15 is 0 Å². The van der Waals surface area contributed by atoms with Crippen LogP contribution in [-0.4, -0.2) is 28.8 Å². The number of carbonyl (C=O) groups is 2. The summed E-state index contributed by atoms with van der Waals surface area (Å²) in [4.78, 5) is 28.8. The van der Waals surface area contributed by atoms with Crippen molar-refractivity contribution in [2.24, 2.45) is 0 Å². The lowest BCUT2D eigenvalue weighted by Gasteiger charge is -2.32. The smallest absolute Gasteiger partial charge is 0.243 e. The van der Waals surface area contributed by atoms with Crippen LogP contribution in [0.2, 0.25) is 0 Å². The number of nitrogens with one attached hydrogen (secondary N) is 1. The van der Waals surface area contributed by atoms with Gasteiger partial charge < -0.3 is 10.2 Å². The largest absolute Gasteiger partial charge is 0.352 e. The maximum atomic E-state index is 13.7. The first-order valence-electron chi connectivity index (χ1n) is 12.7. The van der Waals surface area contributed by atoms with Crippen molar-refractivity contribution < 1.29 is 9.59 Å². The molecule has 1 aliphatic carbocycles. The molecule has 0 radical (unpaired) electrons. The highest BCUT2D eigenvalue weighted by Crippen LogP contribution is 2.23. The molecular weight excluding hydrogens is 420 g/mol. The number of nitrogens with zero attached hydrogens (tertiary/aromatic N) is 1. The molecule has 4 heteroatoms. The van der Waals surface area contributed by atoms with Gasteiger partial charge in [-0.2, -0.15) is 0 Å². The van der Waals surface area contributed by atoms with Crippen LogP contribution >= 0.6 is 0 Å². The molecular formula is C30H36N2O2. The van der Waals surface area contributed by atoms with E-state index in [1.54, 1.807) is 0 Å². The maximum absolute atomic E-state index is 13.7. The van der Waals surface area contributed by atoms with Crippen molar-refractivity contribution in [3.05, 3.63) is 83.4 Å². The second-order valence-electron chi connectivity index (χ2n) is 9.50. The van der Waals surface area contributed by atoms with Crippen LogP contribution < -0.4 is 5.32 Å². The number of carbonyl (C=O) groups excluding carboxylic acids is 2. The van der Waals surface area contributed by atoms with Crippen molar-refractivity contribution in [3.8, 4) is 0 Å². The SMILES string of the molecule is CC[C@H](C(=O)NC1CCCC1)N(Cc1ccccc1C)C(=O)CCc1cccc2ccccc12. The number of hydrogen-bond donors (Lipinski definition) is 1. The number of rotatable bonds is 9. The molecule has 1 atom stereocenters. The van der Waals surface area contributed by atoms with E-state index < -0.39 is 6.04 Å². The van der Waals surface area contributed by atoms with Crippen LogP contribution in [0.5, 0.6) is 0 Å². The molecule has 0 unspecified atom stereocenters. The summed E-state index contributed by atoms with van der Waals surface area (Å²) in [7, 11) is 0. The van der Waals surface area contributed by atoms with Gasteiger partial charge in [-0.1, -0.05) is 86.5 Å². The van der Waals surface area contributed by atoms with Gasteiger partial charge in [0.05, 0.1) is 0 Å². The van der Waals surface area contributed by atoms with Gasteiger partial charge in [0.25, 0.3) is 0 Å². The quantitative estimate of drug-likeness (QED) is 0.433. The Morgan fingerprint density at radius 1 is 0.941 bits per heavy atom. The van der Waals surface area contributed by atoms with Crippen LogP contribution in [0.3, 0.4) is 0 Å². The van der Waals surface area contributed by atoms with E-state index in [0.717, 1.165) is 24.0 Å². The first-order valence-corrected chi connectivity index (χ1v) is 12.7. The molecule has 2 amide bonds. The number of hydrogen-bond acceptors (Lipinski definition) is 2. The number of aryl methyl sites for hydroxylation is 2. The first-order chi connectivity index (χ1) is 16.6. The summed E-state index contributed by atoms with van der Waals surface area (Å²) in [5.41, 5.74) is 3.40. The van der Waals surface area contributed by atoms with Crippen LogP contribution in [0.25, 0.3) is 10.8 Å². The minimum Gasteiger partial charge on any atom is -0.352 e. The van der Waals surface area contributed by atoms with Gasteiger partial charge in [-0.05, 0) is 60.1 Å². The Labute approximate surface area is 203 Å². The fraction of sp³-hybridized carbons (Fsp3) is 0.400. The second kappa shape index (κ2) is 11.3. The molecule has 0 aliphatic heterocycles. The van der Waals surface area contributed by atoms with E-state index in [0.29, 0.717) is 25.8 Å². The average molecular weight is 457 g/mol. The number of amides is 2. The molecule has 178 valence electrons. The van der Waals surface area contributed by atoms with Gasteiger partial charge in [0.2, 0.25) is 11.8 Å². The Hall–Kier alpha value is -3.14. The lowest BCUT2D eigenvalue weighted by Crippen LogP contribution is -2.51. The van der Waals surface area contributed by atoms with Gasteiger partial charge in [0.15, 0.2) is 0 Å². The van der Waals surface area contributed by atoms with E-state index in [-0.39, 0.29) is 17.9 Å². The molecule has 4 nitrogen and oxygen atoms in total. The summed E-state index contributed by atoms with van der Waals surface area (Å²) in [6.07, 6.45) is 6.05. The zero-order chi connectivity index (χ0) is 23.9. The topological polar surface area (TPSA) is 49.4 Å². The van der Waals surface area contributed by atoms with Crippen molar-refractivity contribution in [2.75, 3.05) is 0 Å². The molecule has 1 aliphatic rings. The molecule has 0 heterocycles. The predicted octanol–water partition coefficient (Wildman–Crippen LogP) is 5.95. The van der Waals surface area contributed by atoms with Crippen molar-refractivity contribution in [1.29, 1.82) is 0 Å². The summed E-state index contributed by atoms with van der Waals surface area (Å²) in [5, 5.41) is 5.61. The van der Waals surface area contributed by atoms with Gasteiger partial charge in [0, 0.05) is 19.0 Å². The van der Waals surface area contributed by atoms with Crippen LogP contribution in [0.1, 0.15) is 62.1 Å².